The highest BCUT2D eigenvalue weighted by Gasteiger charge is 2.14. The van der Waals surface area contributed by atoms with Crippen LogP contribution in [0.2, 0.25) is 0 Å². The van der Waals surface area contributed by atoms with Gasteiger partial charge in [-0.05, 0) is 87.6 Å². The molecule has 0 bridgehead atoms. The summed E-state index contributed by atoms with van der Waals surface area (Å²) in [5, 5.41) is 7.73. The second-order valence-electron chi connectivity index (χ2n) is 11.0. The SMILES string of the molecule is c1cc(-c2ccc3sc4ccccc4c3c2)cc(-c2ccc3c(c2)c2ccccc2n3-c2ccc3ccccc3c2)c1. The molecule has 9 rings (SSSR count). The van der Waals surface area contributed by atoms with Gasteiger partial charge in [0.05, 0.1) is 11.0 Å². The van der Waals surface area contributed by atoms with Gasteiger partial charge in [0.15, 0.2) is 0 Å². The highest BCUT2D eigenvalue weighted by Crippen LogP contribution is 2.38. The first-order chi connectivity index (χ1) is 20.8. The van der Waals surface area contributed by atoms with E-state index < -0.39 is 0 Å². The van der Waals surface area contributed by atoms with Crippen molar-refractivity contribution in [1.29, 1.82) is 0 Å². The van der Waals surface area contributed by atoms with E-state index in [2.05, 4.69) is 156 Å². The van der Waals surface area contributed by atoms with Crippen LogP contribution in [0.1, 0.15) is 0 Å². The van der Waals surface area contributed by atoms with Crippen molar-refractivity contribution >= 4 is 64.1 Å². The Morgan fingerprint density at radius 3 is 1.88 bits per heavy atom. The summed E-state index contributed by atoms with van der Waals surface area (Å²) in [7, 11) is 0. The molecule has 42 heavy (non-hydrogen) atoms. The third kappa shape index (κ3) is 3.62. The quantitative estimate of drug-likeness (QED) is 0.206. The Kier molecular flexibility index (Phi) is 5.13. The van der Waals surface area contributed by atoms with Crippen LogP contribution in [0.15, 0.2) is 152 Å². The van der Waals surface area contributed by atoms with E-state index in [1.165, 1.54) is 80.7 Å². The molecule has 0 unspecified atom stereocenters. The van der Waals surface area contributed by atoms with Gasteiger partial charge in [0, 0.05) is 36.6 Å². The van der Waals surface area contributed by atoms with Crippen molar-refractivity contribution in [2.45, 2.75) is 0 Å². The van der Waals surface area contributed by atoms with Crippen molar-refractivity contribution in [2.24, 2.45) is 0 Å². The number of fused-ring (bicyclic) bond motifs is 7. The van der Waals surface area contributed by atoms with Gasteiger partial charge in [-0.1, -0.05) is 97.1 Å². The molecule has 7 aromatic carbocycles. The number of hydrogen-bond acceptors (Lipinski definition) is 1. The third-order valence-corrected chi connectivity index (χ3v) is 9.72. The van der Waals surface area contributed by atoms with Crippen molar-refractivity contribution in [3.63, 3.8) is 0 Å². The molecule has 0 N–H and O–H groups in total. The topological polar surface area (TPSA) is 4.93 Å². The lowest BCUT2D eigenvalue weighted by atomic mass is 9.97. The summed E-state index contributed by atoms with van der Waals surface area (Å²) in [4.78, 5) is 0. The average Bonchev–Trinajstić information content (AvgIpc) is 3.59. The lowest BCUT2D eigenvalue weighted by molar-refractivity contribution is 1.19. The van der Waals surface area contributed by atoms with Crippen LogP contribution < -0.4 is 0 Å². The zero-order valence-electron chi connectivity index (χ0n) is 22.8. The van der Waals surface area contributed by atoms with Gasteiger partial charge in [0.25, 0.3) is 0 Å². The smallest absolute Gasteiger partial charge is 0.0541 e. The lowest BCUT2D eigenvalue weighted by Gasteiger charge is -2.10. The molecule has 0 atom stereocenters. The van der Waals surface area contributed by atoms with Crippen LogP contribution in [-0.4, -0.2) is 4.57 Å². The predicted octanol–water partition coefficient (Wildman–Crippen LogP) is 11.6. The molecule has 1 nitrogen and oxygen atoms in total. The summed E-state index contributed by atoms with van der Waals surface area (Å²) in [6.45, 7) is 0. The highest BCUT2D eigenvalue weighted by atomic mass is 32.1. The molecular weight excluding hydrogens is 527 g/mol. The Morgan fingerprint density at radius 1 is 0.357 bits per heavy atom. The molecule has 0 radical (unpaired) electrons. The van der Waals surface area contributed by atoms with E-state index in [4.69, 9.17) is 0 Å². The van der Waals surface area contributed by atoms with Crippen LogP contribution in [0.5, 0.6) is 0 Å². The maximum atomic E-state index is 2.40. The minimum Gasteiger partial charge on any atom is -0.309 e. The predicted molar refractivity (Wildman–Crippen MR) is 182 cm³/mol. The summed E-state index contributed by atoms with van der Waals surface area (Å²) in [6, 6.07) is 55.6. The van der Waals surface area contributed by atoms with Gasteiger partial charge < -0.3 is 4.57 Å². The van der Waals surface area contributed by atoms with Gasteiger partial charge in [-0.3, -0.25) is 0 Å². The van der Waals surface area contributed by atoms with Crippen molar-refractivity contribution in [3.05, 3.63) is 152 Å². The summed E-state index contributed by atoms with van der Waals surface area (Å²) < 4.78 is 5.08. The Labute approximate surface area is 247 Å². The number of aromatic nitrogens is 1. The number of benzene rings is 7. The average molecular weight is 552 g/mol. The van der Waals surface area contributed by atoms with Crippen molar-refractivity contribution in [1.82, 2.24) is 4.57 Å². The van der Waals surface area contributed by atoms with Gasteiger partial charge in [-0.15, -0.1) is 11.3 Å². The molecule has 2 aromatic heterocycles. The first kappa shape index (κ1) is 23.5. The molecule has 0 aliphatic heterocycles. The number of para-hydroxylation sites is 1. The van der Waals surface area contributed by atoms with E-state index in [0.717, 1.165) is 0 Å². The van der Waals surface area contributed by atoms with Crippen LogP contribution in [-0.2, 0) is 0 Å². The highest BCUT2D eigenvalue weighted by molar-refractivity contribution is 7.25. The fraction of sp³-hybridized carbons (Fsp3) is 0. The molecule has 0 fully saturated rings. The van der Waals surface area contributed by atoms with E-state index in [1.54, 1.807) is 0 Å². The van der Waals surface area contributed by atoms with Gasteiger partial charge >= 0.3 is 0 Å². The lowest BCUT2D eigenvalue weighted by Crippen LogP contribution is -1.93. The van der Waals surface area contributed by atoms with Crippen LogP contribution >= 0.6 is 11.3 Å². The van der Waals surface area contributed by atoms with Crippen LogP contribution in [0, 0.1) is 0 Å². The van der Waals surface area contributed by atoms with Crippen LogP contribution in [0.25, 0.3) is 80.7 Å². The molecule has 0 saturated carbocycles. The summed E-state index contributed by atoms with van der Waals surface area (Å²) >= 11 is 1.87. The van der Waals surface area contributed by atoms with E-state index in [1.807, 2.05) is 11.3 Å². The van der Waals surface area contributed by atoms with Gasteiger partial charge in [-0.2, -0.15) is 0 Å². The summed E-state index contributed by atoms with van der Waals surface area (Å²) in [5.41, 5.74) is 8.59. The molecule has 0 aliphatic rings. The van der Waals surface area contributed by atoms with Crippen LogP contribution in [0.4, 0.5) is 0 Å². The molecule has 9 aromatic rings. The molecule has 0 aliphatic carbocycles. The number of thiophene rings is 1. The molecular formula is C40H25NS. The normalized spacial score (nSPS) is 11.8. The van der Waals surface area contributed by atoms with Crippen molar-refractivity contribution in [3.8, 4) is 27.9 Å². The molecule has 0 amide bonds. The largest absolute Gasteiger partial charge is 0.309 e. The second-order valence-corrected chi connectivity index (χ2v) is 12.1. The first-order valence-electron chi connectivity index (χ1n) is 14.3. The Bertz CT molecular complexity index is 2470. The molecule has 2 heterocycles. The molecule has 2 heteroatoms. The maximum Gasteiger partial charge on any atom is 0.0541 e. The van der Waals surface area contributed by atoms with Gasteiger partial charge in [0.2, 0.25) is 0 Å². The first-order valence-corrected chi connectivity index (χ1v) is 15.2. The Morgan fingerprint density at radius 2 is 1.00 bits per heavy atom. The zero-order valence-corrected chi connectivity index (χ0v) is 23.6. The molecule has 196 valence electrons. The minimum atomic E-state index is 1.19. The third-order valence-electron chi connectivity index (χ3n) is 8.57. The fourth-order valence-electron chi connectivity index (χ4n) is 6.53. The number of nitrogens with zero attached hydrogens (tertiary/aromatic N) is 1. The Hall–Kier alpha value is -5.18. The van der Waals surface area contributed by atoms with E-state index in [9.17, 15) is 0 Å². The van der Waals surface area contributed by atoms with Crippen LogP contribution in [0.3, 0.4) is 0 Å². The number of rotatable bonds is 3. The fourth-order valence-corrected chi connectivity index (χ4v) is 7.62. The number of hydrogen-bond donors (Lipinski definition) is 0. The van der Waals surface area contributed by atoms with Gasteiger partial charge in [-0.25, -0.2) is 0 Å². The summed E-state index contributed by atoms with van der Waals surface area (Å²) in [5.74, 6) is 0. The monoisotopic (exact) mass is 551 g/mol. The minimum absolute atomic E-state index is 1.19. The molecule has 0 saturated heterocycles. The maximum absolute atomic E-state index is 2.40. The second kappa shape index (κ2) is 9.17. The van der Waals surface area contributed by atoms with E-state index >= 15 is 0 Å². The zero-order chi connectivity index (χ0) is 27.6. The standard InChI is InChI=1S/C40H25NS/c1-2-9-29-23-32(19-16-26(29)8-1)41-37-14-5-3-12-33(37)35-24-30(17-20-38(35)41)27-10-7-11-28(22-27)31-18-21-40-36(25-31)34-13-4-6-15-39(34)42-40/h1-25H. The summed E-state index contributed by atoms with van der Waals surface area (Å²) in [6.07, 6.45) is 0. The van der Waals surface area contributed by atoms with E-state index in [0.29, 0.717) is 0 Å². The van der Waals surface area contributed by atoms with Crippen molar-refractivity contribution in [2.75, 3.05) is 0 Å². The van der Waals surface area contributed by atoms with E-state index in [-0.39, 0.29) is 0 Å². The molecule has 0 spiro atoms. The Balaban J connectivity index is 1.19. The van der Waals surface area contributed by atoms with Gasteiger partial charge in [0.1, 0.15) is 0 Å². The van der Waals surface area contributed by atoms with Crippen molar-refractivity contribution < 1.29 is 0 Å².